The van der Waals surface area contributed by atoms with E-state index in [1.807, 2.05) is 31.9 Å². The molecule has 96 valence electrons. The van der Waals surface area contributed by atoms with Gasteiger partial charge in [-0.15, -0.1) is 0 Å². The first-order valence-electron chi connectivity index (χ1n) is 6.15. The Morgan fingerprint density at radius 2 is 2.18 bits per heavy atom. The third-order valence-corrected chi connectivity index (χ3v) is 2.85. The number of amides is 1. The monoisotopic (exact) mass is 238 g/mol. The maximum absolute atomic E-state index is 11.7. The molecule has 1 N–H and O–H groups in total. The standard InChI is InChI=1S/C12H22N4O/c1-4-15(5-2)12(17)10-13-6-8-16-9-7-14-11(16)3/h7,9,13H,4-6,8,10H2,1-3H3. The van der Waals surface area contributed by atoms with Crippen molar-refractivity contribution in [1.82, 2.24) is 19.8 Å². The quantitative estimate of drug-likeness (QED) is 0.710. The van der Waals surface area contributed by atoms with Gasteiger partial charge in [0, 0.05) is 38.6 Å². The molecule has 0 bridgehead atoms. The van der Waals surface area contributed by atoms with Crippen LogP contribution in [0.15, 0.2) is 12.4 Å². The Morgan fingerprint density at radius 1 is 1.47 bits per heavy atom. The number of imidazole rings is 1. The molecule has 1 aromatic rings. The molecular formula is C12H22N4O. The van der Waals surface area contributed by atoms with Crippen LogP contribution in [0.1, 0.15) is 19.7 Å². The van der Waals surface area contributed by atoms with E-state index in [2.05, 4.69) is 14.9 Å². The zero-order chi connectivity index (χ0) is 12.7. The van der Waals surface area contributed by atoms with E-state index < -0.39 is 0 Å². The van der Waals surface area contributed by atoms with Crippen molar-refractivity contribution >= 4 is 5.91 Å². The molecule has 1 aromatic heterocycles. The predicted molar refractivity (Wildman–Crippen MR) is 67.8 cm³/mol. The molecule has 5 heteroatoms. The van der Waals surface area contributed by atoms with Crippen LogP contribution in [0.25, 0.3) is 0 Å². The van der Waals surface area contributed by atoms with Gasteiger partial charge in [0.1, 0.15) is 5.82 Å². The zero-order valence-electron chi connectivity index (χ0n) is 10.9. The number of carbonyl (C=O) groups excluding carboxylic acids is 1. The van der Waals surface area contributed by atoms with Crippen LogP contribution in [0.5, 0.6) is 0 Å². The average molecular weight is 238 g/mol. The van der Waals surface area contributed by atoms with E-state index in [0.717, 1.165) is 32.0 Å². The molecule has 0 spiro atoms. The molecule has 5 nitrogen and oxygen atoms in total. The number of nitrogens with zero attached hydrogens (tertiary/aromatic N) is 3. The molecule has 0 saturated heterocycles. The van der Waals surface area contributed by atoms with Crippen LogP contribution < -0.4 is 5.32 Å². The van der Waals surface area contributed by atoms with Gasteiger partial charge in [0.25, 0.3) is 0 Å². The van der Waals surface area contributed by atoms with Crippen LogP contribution in [0, 0.1) is 6.92 Å². The Hall–Kier alpha value is -1.36. The molecule has 1 rings (SSSR count). The molecule has 0 atom stereocenters. The number of likely N-dealkylation sites (N-methyl/N-ethyl adjacent to an activating group) is 1. The largest absolute Gasteiger partial charge is 0.342 e. The SMILES string of the molecule is CCN(CC)C(=O)CNCCn1ccnc1C. The molecule has 1 heterocycles. The van der Waals surface area contributed by atoms with E-state index in [0.29, 0.717) is 6.54 Å². The van der Waals surface area contributed by atoms with Gasteiger partial charge >= 0.3 is 0 Å². The van der Waals surface area contributed by atoms with Crippen molar-refractivity contribution in [1.29, 1.82) is 0 Å². The van der Waals surface area contributed by atoms with Crippen LogP contribution in [-0.4, -0.2) is 46.5 Å². The molecule has 0 radical (unpaired) electrons. The van der Waals surface area contributed by atoms with Gasteiger partial charge in [-0.25, -0.2) is 4.98 Å². The van der Waals surface area contributed by atoms with Gasteiger partial charge in [0.05, 0.1) is 6.54 Å². The number of hydrogen-bond donors (Lipinski definition) is 1. The topological polar surface area (TPSA) is 50.2 Å². The summed E-state index contributed by atoms with van der Waals surface area (Å²) in [7, 11) is 0. The molecule has 0 aliphatic rings. The summed E-state index contributed by atoms with van der Waals surface area (Å²) >= 11 is 0. The maximum Gasteiger partial charge on any atom is 0.236 e. The van der Waals surface area contributed by atoms with Crippen molar-refractivity contribution in [3.63, 3.8) is 0 Å². The fourth-order valence-electron chi connectivity index (χ4n) is 1.72. The van der Waals surface area contributed by atoms with Crippen molar-refractivity contribution in [2.45, 2.75) is 27.3 Å². The summed E-state index contributed by atoms with van der Waals surface area (Å²) in [5.74, 6) is 1.17. The summed E-state index contributed by atoms with van der Waals surface area (Å²) in [6.45, 7) is 9.56. The van der Waals surface area contributed by atoms with Gasteiger partial charge in [-0.05, 0) is 20.8 Å². The summed E-state index contributed by atoms with van der Waals surface area (Å²) in [5.41, 5.74) is 0. The summed E-state index contributed by atoms with van der Waals surface area (Å²) < 4.78 is 2.06. The van der Waals surface area contributed by atoms with Crippen LogP contribution in [0.2, 0.25) is 0 Å². The first-order chi connectivity index (χ1) is 8.19. The Morgan fingerprint density at radius 3 is 2.71 bits per heavy atom. The number of nitrogens with one attached hydrogen (secondary N) is 1. The van der Waals surface area contributed by atoms with Crippen molar-refractivity contribution in [2.24, 2.45) is 0 Å². The van der Waals surface area contributed by atoms with Crippen molar-refractivity contribution in [2.75, 3.05) is 26.2 Å². The lowest BCUT2D eigenvalue weighted by atomic mass is 10.4. The van der Waals surface area contributed by atoms with Crippen LogP contribution in [0.3, 0.4) is 0 Å². The third kappa shape index (κ3) is 4.19. The Bertz CT molecular complexity index is 344. The van der Waals surface area contributed by atoms with Crippen molar-refractivity contribution < 1.29 is 4.79 Å². The maximum atomic E-state index is 11.7. The normalized spacial score (nSPS) is 10.5. The number of aryl methyl sites for hydroxylation is 1. The first kappa shape index (κ1) is 13.7. The van der Waals surface area contributed by atoms with Crippen molar-refractivity contribution in [3.05, 3.63) is 18.2 Å². The first-order valence-corrected chi connectivity index (χ1v) is 6.15. The van der Waals surface area contributed by atoms with E-state index in [9.17, 15) is 4.79 Å². The highest BCUT2D eigenvalue weighted by molar-refractivity contribution is 5.78. The second kappa shape index (κ2) is 7.06. The van der Waals surface area contributed by atoms with Gasteiger partial charge in [-0.3, -0.25) is 4.79 Å². The van der Waals surface area contributed by atoms with E-state index >= 15 is 0 Å². The number of carbonyl (C=O) groups is 1. The van der Waals surface area contributed by atoms with Gasteiger partial charge in [-0.2, -0.15) is 0 Å². The summed E-state index contributed by atoms with van der Waals surface area (Å²) in [6.07, 6.45) is 3.74. The minimum atomic E-state index is 0.164. The lowest BCUT2D eigenvalue weighted by Crippen LogP contribution is -2.38. The average Bonchev–Trinajstić information content (AvgIpc) is 2.72. The second-order valence-corrected chi connectivity index (χ2v) is 3.91. The zero-order valence-corrected chi connectivity index (χ0v) is 10.9. The van der Waals surface area contributed by atoms with E-state index in [4.69, 9.17) is 0 Å². The fourth-order valence-corrected chi connectivity index (χ4v) is 1.72. The molecule has 0 saturated carbocycles. The van der Waals surface area contributed by atoms with Gasteiger partial charge in [-0.1, -0.05) is 0 Å². The molecule has 17 heavy (non-hydrogen) atoms. The molecule has 0 unspecified atom stereocenters. The summed E-state index contributed by atoms with van der Waals surface area (Å²) in [5, 5.41) is 3.16. The lowest BCUT2D eigenvalue weighted by Gasteiger charge is -2.18. The minimum absolute atomic E-state index is 0.164. The molecule has 0 aliphatic carbocycles. The lowest BCUT2D eigenvalue weighted by molar-refractivity contribution is -0.129. The number of hydrogen-bond acceptors (Lipinski definition) is 3. The fraction of sp³-hybridized carbons (Fsp3) is 0.667. The molecule has 1 amide bonds. The third-order valence-electron chi connectivity index (χ3n) is 2.85. The Kier molecular flexibility index (Phi) is 5.69. The van der Waals surface area contributed by atoms with Crippen LogP contribution in [0.4, 0.5) is 0 Å². The number of rotatable bonds is 7. The Balaban J connectivity index is 2.20. The molecule has 0 aromatic carbocycles. The highest BCUT2D eigenvalue weighted by Gasteiger charge is 2.07. The smallest absolute Gasteiger partial charge is 0.236 e. The van der Waals surface area contributed by atoms with Gasteiger partial charge in [0.2, 0.25) is 5.91 Å². The van der Waals surface area contributed by atoms with Gasteiger partial charge in [0.15, 0.2) is 0 Å². The number of aromatic nitrogens is 2. The highest BCUT2D eigenvalue weighted by Crippen LogP contribution is 1.93. The van der Waals surface area contributed by atoms with E-state index in [1.54, 1.807) is 6.20 Å². The van der Waals surface area contributed by atoms with Crippen LogP contribution >= 0.6 is 0 Å². The molecule has 0 fully saturated rings. The van der Waals surface area contributed by atoms with E-state index in [1.165, 1.54) is 0 Å². The van der Waals surface area contributed by atoms with E-state index in [-0.39, 0.29) is 5.91 Å². The summed E-state index contributed by atoms with van der Waals surface area (Å²) in [4.78, 5) is 17.7. The van der Waals surface area contributed by atoms with Crippen molar-refractivity contribution in [3.8, 4) is 0 Å². The molecule has 0 aliphatic heterocycles. The van der Waals surface area contributed by atoms with Crippen LogP contribution in [-0.2, 0) is 11.3 Å². The minimum Gasteiger partial charge on any atom is -0.342 e. The summed E-state index contributed by atoms with van der Waals surface area (Å²) in [6, 6.07) is 0. The van der Waals surface area contributed by atoms with Gasteiger partial charge < -0.3 is 14.8 Å². The predicted octanol–water partition coefficient (Wildman–Crippen LogP) is 0.650. The molecular weight excluding hydrogens is 216 g/mol. The second-order valence-electron chi connectivity index (χ2n) is 3.91. The highest BCUT2D eigenvalue weighted by atomic mass is 16.2. The Labute approximate surface area is 103 Å².